The Labute approximate surface area is 223 Å². The van der Waals surface area contributed by atoms with Crippen molar-refractivity contribution in [1.82, 2.24) is 19.9 Å². The van der Waals surface area contributed by atoms with Gasteiger partial charge in [-0.05, 0) is 36.4 Å². The highest BCUT2D eigenvalue weighted by Crippen LogP contribution is 2.42. The second kappa shape index (κ2) is 10.4. The Morgan fingerprint density at radius 3 is 2.38 bits per heavy atom. The molecule has 198 valence electrons. The first-order valence-corrected chi connectivity index (χ1v) is 13.4. The number of aromatic nitrogens is 4. The van der Waals surface area contributed by atoms with E-state index in [2.05, 4.69) is 25.3 Å². The Bertz CT molecular complexity index is 1790. The van der Waals surface area contributed by atoms with Gasteiger partial charge in [0.1, 0.15) is 22.5 Å². The molecule has 3 aromatic heterocycles. The molecule has 39 heavy (non-hydrogen) atoms. The van der Waals surface area contributed by atoms with Crippen LogP contribution < -0.4 is 10.0 Å². The molecule has 2 N–H and O–H groups in total. The molecule has 14 heteroatoms. The van der Waals surface area contributed by atoms with Crippen LogP contribution in [0.4, 0.5) is 29.2 Å². The zero-order chi connectivity index (χ0) is 27.7. The van der Waals surface area contributed by atoms with Crippen molar-refractivity contribution in [1.29, 1.82) is 0 Å². The summed E-state index contributed by atoms with van der Waals surface area (Å²) in [4.78, 5) is 15.9. The maximum Gasteiger partial charge on any atom is 0.267 e. The molecule has 0 amide bonds. The van der Waals surface area contributed by atoms with E-state index in [4.69, 9.17) is 0 Å². The largest absolute Gasteiger partial charge is 0.357 e. The van der Waals surface area contributed by atoms with Gasteiger partial charge in [-0.2, -0.15) is 0 Å². The minimum absolute atomic E-state index is 0.0654. The Balaban J connectivity index is 1.65. The molecule has 0 saturated heterocycles. The molecule has 0 aliphatic carbocycles. The highest BCUT2D eigenvalue weighted by Gasteiger charge is 2.27. The summed E-state index contributed by atoms with van der Waals surface area (Å²) < 4.78 is 85.6. The minimum Gasteiger partial charge on any atom is -0.357 e. The van der Waals surface area contributed by atoms with Crippen molar-refractivity contribution in [3.05, 3.63) is 90.4 Å². The van der Waals surface area contributed by atoms with Crippen LogP contribution in [0.1, 0.15) is 0 Å². The summed E-state index contributed by atoms with van der Waals surface area (Å²) in [6, 6.07) is 9.13. The topological polar surface area (TPSA) is 110 Å². The number of nitrogens with one attached hydrogen (secondary N) is 2. The minimum atomic E-state index is -4.85. The highest BCUT2D eigenvalue weighted by atomic mass is 32.2. The first-order valence-electron chi connectivity index (χ1n) is 11.1. The molecule has 0 spiro atoms. The molecule has 0 fully saturated rings. The number of anilines is 2. The van der Waals surface area contributed by atoms with Crippen LogP contribution in [-0.4, -0.2) is 35.4 Å². The third kappa shape index (κ3) is 5.15. The van der Waals surface area contributed by atoms with E-state index in [1.807, 2.05) is 4.72 Å². The molecule has 0 atom stereocenters. The van der Waals surface area contributed by atoms with E-state index in [0.29, 0.717) is 16.1 Å². The van der Waals surface area contributed by atoms with Gasteiger partial charge >= 0.3 is 0 Å². The maximum absolute atomic E-state index is 15.9. The normalized spacial score (nSPS) is 11.4. The highest BCUT2D eigenvalue weighted by molar-refractivity contribution is 7.92. The lowest BCUT2D eigenvalue weighted by atomic mass is 10.1. The molecule has 0 unspecified atom stereocenters. The predicted molar refractivity (Wildman–Crippen MR) is 138 cm³/mol. The number of halogens is 4. The monoisotopic (exact) mass is 572 g/mol. The second-order valence-corrected chi connectivity index (χ2v) is 10.5. The van der Waals surface area contributed by atoms with E-state index in [9.17, 15) is 21.6 Å². The fourth-order valence-electron chi connectivity index (χ4n) is 3.66. The average molecular weight is 573 g/mol. The van der Waals surface area contributed by atoms with Gasteiger partial charge in [-0.25, -0.2) is 40.9 Å². The van der Waals surface area contributed by atoms with Gasteiger partial charge in [-0.3, -0.25) is 9.71 Å². The number of thiazole rings is 1. The van der Waals surface area contributed by atoms with Crippen LogP contribution in [0, 0.1) is 23.3 Å². The van der Waals surface area contributed by atoms with Crippen LogP contribution in [0.3, 0.4) is 0 Å². The Morgan fingerprint density at radius 1 is 0.923 bits per heavy atom. The standard InChI is InChI=1S/C25H16F4N6O2S2/c1-30-25-32-9-8-19(33-25)22-21(34-24(38-22)13-10-14(26)12-31-11-13)15-4-2-7-18(20(15)29)35-39(36,37)23-16(27)5-3-6-17(23)28/h2-12,35H,1H3,(H,30,32,33). The molecule has 3 heterocycles. The number of rotatable bonds is 7. The Kier molecular flexibility index (Phi) is 6.97. The van der Waals surface area contributed by atoms with Crippen LogP contribution >= 0.6 is 11.3 Å². The number of pyridine rings is 1. The van der Waals surface area contributed by atoms with Crippen molar-refractivity contribution in [2.75, 3.05) is 17.1 Å². The summed E-state index contributed by atoms with van der Waals surface area (Å²) in [7, 11) is -3.23. The number of hydrogen-bond donors (Lipinski definition) is 2. The molecule has 5 rings (SSSR count). The van der Waals surface area contributed by atoms with Crippen LogP contribution in [-0.2, 0) is 10.0 Å². The van der Waals surface area contributed by atoms with Gasteiger partial charge in [0.05, 0.1) is 28.1 Å². The first-order chi connectivity index (χ1) is 18.7. The summed E-state index contributed by atoms with van der Waals surface area (Å²) in [5, 5.41) is 3.09. The average Bonchev–Trinajstić information content (AvgIpc) is 3.35. The summed E-state index contributed by atoms with van der Waals surface area (Å²) in [5.74, 6) is -4.06. The third-order valence-corrected chi connectivity index (χ3v) is 7.92. The molecule has 0 bridgehead atoms. The number of benzene rings is 2. The Hall–Kier alpha value is -4.43. The number of nitrogens with zero attached hydrogens (tertiary/aromatic N) is 4. The molecule has 0 aliphatic rings. The molecule has 8 nitrogen and oxygen atoms in total. The fourth-order valence-corrected chi connectivity index (χ4v) is 5.89. The van der Waals surface area contributed by atoms with Crippen LogP contribution in [0.15, 0.2) is 72.0 Å². The molecule has 0 radical (unpaired) electrons. The lowest BCUT2D eigenvalue weighted by Gasteiger charge is -2.12. The van der Waals surface area contributed by atoms with Crippen molar-refractivity contribution < 1.29 is 26.0 Å². The first kappa shape index (κ1) is 26.2. The van der Waals surface area contributed by atoms with Gasteiger partial charge in [-0.1, -0.05) is 12.1 Å². The molecule has 5 aromatic rings. The number of hydrogen-bond acceptors (Lipinski definition) is 8. The summed E-state index contributed by atoms with van der Waals surface area (Å²) in [6.45, 7) is 0. The van der Waals surface area contributed by atoms with Crippen LogP contribution in [0.25, 0.3) is 32.4 Å². The van der Waals surface area contributed by atoms with Gasteiger partial charge in [-0.15, -0.1) is 11.3 Å². The van der Waals surface area contributed by atoms with Crippen molar-refractivity contribution >= 4 is 33.0 Å². The number of sulfonamides is 1. The van der Waals surface area contributed by atoms with E-state index < -0.39 is 43.9 Å². The van der Waals surface area contributed by atoms with Crippen molar-refractivity contribution in [3.8, 4) is 32.4 Å². The van der Waals surface area contributed by atoms with E-state index in [0.717, 1.165) is 41.8 Å². The van der Waals surface area contributed by atoms with Gasteiger partial charge in [0, 0.05) is 30.6 Å². The Morgan fingerprint density at radius 2 is 1.67 bits per heavy atom. The molecular formula is C25H16F4N6O2S2. The van der Waals surface area contributed by atoms with Crippen molar-refractivity contribution in [3.63, 3.8) is 0 Å². The maximum atomic E-state index is 15.9. The van der Waals surface area contributed by atoms with Gasteiger partial charge in [0.2, 0.25) is 5.95 Å². The zero-order valence-corrected chi connectivity index (χ0v) is 21.4. The van der Waals surface area contributed by atoms with E-state index in [-0.39, 0.29) is 22.2 Å². The molecular weight excluding hydrogens is 556 g/mol. The summed E-state index contributed by atoms with van der Waals surface area (Å²) in [5.41, 5.74) is 0.0342. The SMILES string of the molecule is CNc1nccc(-c2sc(-c3cncc(F)c3)nc2-c2cccc(NS(=O)(=O)c3c(F)cccc3F)c2F)n1. The molecule has 0 aliphatic heterocycles. The summed E-state index contributed by atoms with van der Waals surface area (Å²) >= 11 is 1.08. The van der Waals surface area contributed by atoms with Gasteiger partial charge in [0.15, 0.2) is 10.7 Å². The lowest BCUT2D eigenvalue weighted by Crippen LogP contribution is -2.17. The van der Waals surface area contributed by atoms with Gasteiger partial charge in [0.25, 0.3) is 10.0 Å². The van der Waals surface area contributed by atoms with Crippen LogP contribution in [0.2, 0.25) is 0 Å². The van der Waals surface area contributed by atoms with Crippen LogP contribution in [0.5, 0.6) is 0 Å². The zero-order valence-electron chi connectivity index (χ0n) is 19.8. The quantitative estimate of drug-likeness (QED) is 0.240. The lowest BCUT2D eigenvalue weighted by molar-refractivity contribution is 0.521. The van der Waals surface area contributed by atoms with Gasteiger partial charge < -0.3 is 5.32 Å². The summed E-state index contributed by atoms with van der Waals surface area (Å²) in [6.07, 6.45) is 3.89. The third-order valence-electron chi connectivity index (χ3n) is 5.38. The fraction of sp³-hybridized carbons (Fsp3) is 0.0400. The smallest absolute Gasteiger partial charge is 0.267 e. The second-order valence-electron chi connectivity index (χ2n) is 7.93. The molecule has 0 saturated carbocycles. The predicted octanol–water partition coefficient (Wildman–Crippen LogP) is 5.73. The van der Waals surface area contributed by atoms with Crippen molar-refractivity contribution in [2.45, 2.75) is 4.90 Å². The molecule has 2 aromatic carbocycles. The van der Waals surface area contributed by atoms with E-state index in [1.165, 1.54) is 30.6 Å². The van der Waals surface area contributed by atoms with E-state index >= 15 is 4.39 Å². The van der Waals surface area contributed by atoms with Crippen molar-refractivity contribution in [2.24, 2.45) is 0 Å². The van der Waals surface area contributed by atoms with E-state index in [1.54, 1.807) is 13.1 Å².